The zero-order valence-corrected chi connectivity index (χ0v) is 10.6. The third kappa shape index (κ3) is 6.07. The summed E-state index contributed by atoms with van der Waals surface area (Å²) in [5, 5.41) is 2.97. The molecule has 1 amide bonds. The number of carbonyl (C=O) groups is 1. The van der Waals surface area contributed by atoms with E-state index in [1.54, 1.807) is 7.11 Å². The van der Waals surface area contributed by atoms with Crippen LogP contribution in [0.5, 0.6) is 0 Å². The van der Waals surface area contributed by atoms with Crippen LogP contribution in [0.15, 0.2) is 30.3 Å². The highest BCUT2D eigenvalue weighted by atomic mass is 16.5. The number of carbonyl (C=O) groups excluding carboxylic acids is 1. The molecule has 0 aliphatic carbocycles. The van der Waals surface area contributed by atoms with Crippen LogP contribution in [0.2, 0.25) is 0 Å². The summed E-state index contributed by atoms with van der Waals surface area (Å²) in [5.41, 5.74) is 1.31. The Balaban J connectivity index is 2.21. The number of aryl methyl sites for hydroxylation is 1. The van der Waals surface area contributed by atoms with Crippen LogP contribution in [0.3, 0.4) is 0 Å². The molecule has 17 heavy (non-hydrogen) atoms. The maximum Gasteiger partial charge on any atom is 0.222 e. The number of rotatable bonds is 7. The average Bonchev–Trinajstić information content (AvgIpc) is 2.35. The van der Waals surface area contributed by atoms with Gasteiger partial charge in [-0.25, -0.2) is 0 Å². The third-order valence-electron chi connectivity index (χ3n) is 2.65. The number of amides is 1. The van der Waals surface area contributed by atoms with Gasteiger partial charge in [-0.1, -0.05) is 30.3 Å². The van der Waals surface area contributed by atoms with E-state index in [1.165, 1.54) is 5.56 Å². The van der Waals surface area contributed by atoms with Gasteiger partial charge < -0.3 is 10.1 Å². The van der Waals surface area contributed by atoms with Crippen LogP contribution in [-0.2, 0) is 16.0 Å². The molecule has 0 radical (unpaired) electrons. The van der Waals surface area contributed by atoms with Gasteiger partial charge in [-0.3, -0.25) is 4.79 Å². The Kier molecular flexibility index (Phi) is 6.33. The van der Waals surface area contributed by atoms with E-state index in [0.717, 1.165) is 12.8 Å². The topological polar surface area (TPSA) is 38.3 Å². The lowest BCUT2D eigenvalue weighted by molar-refractivity contribution is -0.122. The number of ether oxygens (including phenoxy) is 1. The molecular weight excluding hydrogens is 214 g/mol. The maximum absolute atomic E-state index is 11.4. The highest BCUT2D eigenvalue weighted by molar-refractivity contribution is 5.76. The van der Waals surface area contributed by atoms with Crippen LogP contribution < -0.4 is 5.32 Å². The minimum absolute atomic E-state index is 0.0624. The molecule has 0 aromatic heterocycles. The average molecular weight is 235 g/mol. The molecule has 0 aliphatic heterocycles. The molecule has 0 heterocycles. The summed E-state index contributed by atoms with van der Waals surface area (Å²) in [6.45, 7) is 2.52. The van der Waals surface area contributed by atoms with Crippen LogP contribution in [0.1, 0.15) is 25.3 Å². The van der Waals surface area contributed by atoms with Gasteiger partial charge in [0.25, 0.3) is 0 Å². The fraction of sp³-hybridized carbons (Fsp3) is 0.500. The van der Waals surface area contributed by atoms with Crippen LogP contribution in [0.25, 0.3) is 0 Å². The Morgan fingerprint density at radius 1 is 1.35 bits per heavy atom. The Morgan fingerprint density at radius 2 is 2.06 bits per heavy atom. The van der Waals surface area contributed by atoms with E-state index in [2.05, 4.69) is 17.4 Å². The molecule has 94 valence electrons. The predicted molar refractivity (Wildman–Crippen MR) is 68.9 cm³/mol. The van der Waals surface area contributed by atoms with Crippen molar-refractivity contribution in [3.63, 3.8) is 0 Å². The summed E-state index contributed by atoms with van der Waals surface area (Å²) in [5.74, 6) is 0.0624. The van der Waals surface area contributed by atoms with Crippen LogP contribution >= 0.6 is 0 Å². The van der Waals surface area contributed by atoms with Gasteiger partial charge in [0.15, 0.2) is 0 Å². The summed E-state index contributed by atoms with van der Waals surface area (Å²) in [4.78, 5) is 11.4. The van der Waals surface area contributed by atoms with Crippen molar-refractivity contribution in [2.24, 2.45) is 0 Å². The minimum Gasteiger partial charge on any atom is -0.384 e. The molecule has 0 saturated carbocycles. The normalized spacial score (nSPS) is 12.1. The molecule has 0 unspecified atom stereocenters. The molecule has 1 rings (SSSR count). The Morgan fingerprint density at radius 3 is 2.71 bits per heavy atom. The number of hydrogen-bond acceptors (Lipinski definition) is 2. The molecule has 0 aliphatic rings. The fourth-order valence-corrected chi connectivity index (χ4v) is 1.64. The van der Waals surface area contributed by atoms with E-state index < -0.39 is 0 Å². The van der Waals surface area contributed by atoms with Gasteiger partial charge in [0.05, 0.1) is 6.61 Å². The second kappa shape index (κ2) is 7.85. The van der Waals surface area contributed by atoms with Gasteiger partial charge in [0.2, 0.25) is 5.91 Å². The second-order valence-corrected chi connectivity index (χ2v) is 4.24. The molecule has 3 heteroatoms. The fourth-order valence-electron chi connectivity index (χ4n) is 1.64. The van der Waals surface area contributed by atoms with Gasteiger partial charge in [-0.15, -0.1) is 0 Å². The van der Waals surface area contributed by atoms with Gasteiger partial charge in [-0.2, -0.15) is 0 Å². The number of nitrogens with one attached hydrogen (secondary N) is 1. The summed E-state index contributed by atoms with van der Waals surface area (Å²) in [7, 11) is 1.60. The van der Waals surface area contributed by atoms with Gasteiger partial charge in [0.1, 0.15) is 0 Å². The maximum atomic E-state index is 11.4. The van der Waals surface area contributed by atoms with Gasteiger partial charge in [-0.05, 0) is 25.3 Å². The summed E-state index contributed by atoms with van der Waals surface area (Å²) < 4.78 is 4.86. The van der Waals surface area contributed by atoms with Gasteiger partial charge in [0, 0.05) is 19.6 Å². The lowest BCUT2D eigenvalue weighted by atomic mass is 10.1. The molecule has 1 aromatic carbocycles. The van der Waals surface area contributed by atoms with E-state index in [0.29, 0.717) is 13.0 Å². The van der Waals surface area contributed by atoms with E-state index in [4.69, 9.17) is 4.74 Å². The lowest BCUT2D eigenvalue weighted by Crippen LogP contribution is -2.33. The molecule has 0 fully saturated rings. The molecule has 1 aromatic rings. The van der Waals surface area contributed by atoms with Crippen molar-refractivity contribution in [2.75, 3.05) is 13.7 Å². The summed E-state index contributed by atoms with van der Waals surface area (Å²) in [6.07, 6.45) is 2.39. The van der Waals surface area contributed by atoms with E-state index >= 15 is 0 Å². The molecule has 0 bridgehead atoms. The SMILES string of the molecule is COCCC(=O)N[C@H](C)CCc1ccccc1. The molecule has 3 nitrogen and oxygen atoms in total. The predicted octanol–water partition coefficient (Wildman–Crippen LogP) is 2.16. The first kappa shape index (κ1) is 13.7. The Bertz CT molecular complexity index is 324. The quantitative estimate of drug-likeness (QED) is 0.786. The Hall–Kier alpha value is -1.35. The van der Waals surface area contributed by atoms with Crippen molar-refractivity contribution in [3.05, 3.63) is 35.9 Å². The van der Waals surface area contributed by atoms with E-state index in [1.807, 2.05) is 25.1 Å². The first-order chi connectivity index (χ1) is 8.22. The second-order valence-electron chi connectivity index (χ2n) is 4.24. The highest BCUT2D eigenvalue weighted by Crippen LogP contribution is 2.04. The minimum atomic E-state index is 0.0624. The van der Waals surface area contributed by atoms with Crippen LogP contribution in [0, 0.1) is 0 Å². The molecule has 0 spiro atoms. The number of hydrogen-bond donors (Lipinski definition) is 1. The smallest absolute Gasteiger partial charge is 0.222 e. The van der Waals surface area contributed by atoms with E-state index in [9.17, 15) is 4.79 Å². The first-order valence-corrected chi connectivity index (χ1v) is 6.04. The highest BCUT2D eigenvalue weighted by Gasteiger charge is 2.06. The zero-order chi connectivity index (χ0) is 12.5. The lowest BCUT2D eigenvalue weighted by Gasteiger charge is -2.13. The summed E-state index contributed by atoms with van der Waals surface area (Å²) in [6, 6.07) is 10.5. The van der Waals surface area contributed by atoms with Crippen molar-refractivity contribution < 1.29 is 9.53 Å². The first-order valence-electron chi connectivity index (χ1n) is 6.04. The summed E-state index contributed by atoms with van der Waals surface area (Å²) >= 11 is 0. The van der Waals surface area contributed by atoms with E-state index in [-0.39, 0.29) is 11.9 Å². The molecular formula is C14H21NO2. The van der Waals surface area contributed by atoms with Crippen molar-refractivity contribution in [1.29, 1.82) is 0 Å². The largest absolute Gasteiger partial charge is 0.384 e. The standard InChI is InChI=1S/C14H21NO2/c1-12(15-14(16)10-11-17-2)8-9-13-6-4-3-5-7-13/h3-7,12H,8-11H2,1-2H3,(H,15,16)/t12-/m1/s1. The van der Waals surface area contributed by atoms with Crippen LogP contribution in [-0.4, -0.2) is 25.7 Å². The van der Waals surface area contributed by atoms with Crippen molar-refractivity contribution in [3.8, 4) is 0 Å². The van der Waals surface area contributed by atoms with Gasteiger partial charge >= 0.3 is 0 Å². The Labute approximate surface area is 103 Å². The monoisotopic (exact) mass is 235 g/mol. The molecule has 1 N–H and O–H groups in total. The third-order valence-corrected chi connectivity index (χ3v) is 2.65. The number of benzene rings is 1. The molecule has 1 atom stereocenters. The zero-order valence-electron chi connectivity index (χ0n) is 10.6. The van der Waals surface area contributed by atoms with Crippen molar-refractivity contribution in [2.45, 2.75) is 32.2 Å². The van der Waals surface area contributed by atoms with Crippen molar-refractivity contribution >= 4 is 5.91 Å². The van der Waals surface area contributed by atoms with Crippen LogP contribution in [0.4, 0.5) is 0 Å². The molecule has 0 saturated heterocycles. The number of methoxy groups -OCH3 is 1. The van der Waals surface area contributed by atoms with Crippen molar-refractivity contribution in [1.82, 2.24) is 5.32 Å².